The van der Waals surface area contributed by atoms with Gasteiger partial charge in [-0.15, -0.1) is 0 Å². The van der Waals surface area contributed by atoms with Gasteiger partial charge in [-0.25, -0.2) is 0 Å². The first-order chi connectivity index (χ1) is 10.1. The zero-order chi connectivity index (χ0) is 15.2. The molecule has 0 radical (unpaired) electrons. The maximum Gasteiger partial charge on any atom is 0.162 e. The summed E-state index contributed by atoms with van der Waals surface area (Å²) in [5.74, 6) is 1.44. The second kappa shape index (κ2) is 6.74. The minimum Gasteiger partial charge on any atom is -0.508 e. The van der Waals surface area contributed by atoms with Gasteiger partial charge in [0.25, 0.3) is 0 Å². The van der Waals surface area contributed by atoms with Gasteiger partial charge in [-0.3, -0.25) is 0 Å². The Balaban J connectivity index is 2.09. The van der Waals surface area contributed by atoms with Crippen molar-refractivity contribution >= 4 is 5.69 Å². The van der Waals surface area contributed by atoms with E-state index >= 15 is 0 Å². The molecule has 0 unspecified atom stereocenters. The Morgan fingerprint density at radius 2 is 1.86 bits per heavy atom. The van der Waals surface area contributed by atoms with Crippen molar-refractivity contribution in [3.05, 3.63) is 42.0 Å². The SMILES string of the molecule is CCOc1ccc(NCc2ccc(O)cc2O)cc1OC. The predicted octanol–water partition coefficient (Wildman–Crippen LogP) is 3.12. The third kappa shape index (κ3) is 3.72. The van der Waals surface area contributed by atoms with Crippen LogP contribution in [0, 0.1) is 0 Å². The Bertz CT molecular complexity index is 613. The van der Waals surface area contributed by atoms with Crippen LogP contribution in [0.25, 0.3) is 0 Å². The second-order valence-corrected chi connectivity index (χ2v) is 4.47. The molecule has 5 heteroatoms. The number of phenols is 2. The highest BCUT2D eigenvalue weighted by Crippen LogP contribution is 2.31. The van der Waals surface area contributed by atoms with Crippen molar-refractivity contribution in [2.75, 3.05) is 19.0 Å². The summed E-state index contributed by atoms with van der Waals surface area (Å²) < 4.78 is 10.7. The highest BCUT2D eigenvalue weighted by molar-refractivity contribution is 5.55. The van der Waals surface area contributed by atoms with Gasteiger partial charge in [0.15, 0.2) is 11.5 Å². The third-order valence-corrected chi connectivity index (χ3v) is 3.02. The molecule has 0 fully saturated rings. The van der Waals surface area contributed by atoms with E-state index in [1.807, 2.05) is 25.1 Å². The molecule has 0 saturated carbocycles. The van der Waals surface area contributed by atoms with Crippen LogP contribution in [0.5, 0.6) is 23.0 Å². The van der Waals surface area contributed by atoms with Crippen molar-refractivity contribution < 1.29 is 19.7 Å². The Labute approximate surface area is 123 Å². The maximum atomic E-state index is 9.74. The van der Waals surface area contributed by atoms with Crippen LogP contribution in [0.4, 0.5) is 5.69 Å². The molecule has 0 saturated heterocycles. The fraction of sp³-hybridized carbons (Fsp3) is 0.250. The van der Waals surface area contributed by atoms with Crippen molar-refractivity contribution in [3.63, 3.8) is 0 Å². The molecule has 21 heavy (non-hydrogen) atoms. The van der Waals surface area contributed by atoms with E-state index in [-0.39, 0.29) is 11.5 Å². The lowest BCUT2D eigenvalue weighted by Crippen LogP contribution is -2.01. The lowest BCUT2D eigenvalue weighted by Gasteiger charge is -2.13. The van der Waals surface area contributed by atoms with Crippen LogP contribution in [-0.2, 0) is 6.54 Å². The number of hydrogen-bond acceptors (Lipinski definition) is 5. The number of hydrogen-bond donors (Lipinski definition) is 3. The first-order valence-electron chi connectivity index (χ1n) is 6.69. The standard InChI is InChI=1S/C16H19NO4/c1-3-21-15-7-5-12(8-16(15)20-2)17-10-11-4-6-13(18)9-14(11)19/h4-9,17-19H,3,10H2,1-2H3. The van der Waals surface area contributed by atoms with Gasteiger partial charge in [-0.1, -0.05) is 0 Å². The zero-order valence-corrected chi connectivity index (χ0v) is 12.1. The molecular weight excluding hydrogens is 270 g/mol. The van der Waals surface area contributed by atoms with Crippen LogP contribution in [0.15, 0.2) is 36.4 Å². The molecule has 5 nitrogen and oxygen atoms in total. The van der Waals surface area contributed by atoms with Gasteiger partial charge in [-0.2, -0.15) is 0 Å². The summed E-state index contributed by atoms with van der Waals surface area (Å²) in [5, 5.41) is 22.2. The van der Waals surface area contributed by atoms with Crippen LogP contribution >= 0.6 is 0 Å². The topological polar surface area (TPSA) is 71.0 Å². The number of ether oxygens (including phenoxy) is 2. The molecule has 2 rings (SSSR count). The van der Waals surface area contributed by atoms with Crippen LogP contribution in [0.2, 0.25) is 0 Å². The molecule has 0 aromatic heterocycles. The summed E-state index contributed by atoms with van der Waals surface area (Å²) in [6.45, 7) is 2.92. The molecule has 0 bridgehead atoms. The van der Waals surface area contributed by atoms with E-state index in [9.17, 15) is 10.2 Å². The molecular formula is C16H19NO4. The van der Waals surface area contributed by atoms with Gasteiger partial charge in [0.05, 0.1) is 13.7 Å². The van der Waals surface area contributed by atoms with Crippen molar-refractivity contribution in [2.24, 2.45) is 0 Å². The molecule has 0 heterocycles. The lowest BCUT2D eigenvalue weighted by atomic mass is 10.2. The quantitative estimate of drug-likeness (QED) is 0.762. The number of nitrogens with one attached hydrogen (secondary N) is 1. The fourth-order valence-electron chi connectivity index (χ4n) is 1.95. The molecule has 0 aliphatic rings. The minimum absolute atomic E-state index is 0.0407. The fourth-order valence-corrected chi connectivity index (χ4v) is 1.95. The van der Waals surface area contributed by atoms with Crippen molar-refractivity contribution in [1.29, 1.82) is 0 Å². The lowest BCUT2D eigenvalue weighted by molar-refractivity contribution is 0.311. The van der Waals surface area contributed by atoms with Crippen molar-refractivity contribution in [3.8, 4) is 23.0 Å². The highest BCUT2D eigenvalue weighted by atomic mass is 16.5. The van der Waals surface area contributed by atoms with Crippen molar-refractivity contribution in [2.45, 2.75) is 13.5 Å². The summed E-state index contributed by atoms with van der Waals surface area (Å²) >= 11 is 0. The summed E-state index contributed by atoms with van der Waals surface area (Å²) in [6, 6.07) is 10.1. The number of phenolic OH excluding ortho intramolecular Hbond substituents is 2. The van der Waals surface area contributed by atoms with Gasteiger partial charge in [0, 0.05) is 29.9 Å². The van der Waals surface area contributed by atoms with Crippen molar-refractivity contribution in [1.82, 2.24) is 0 Å². The molecule has 0 amide bonds. The summed E-state index contributed by atoms with van der Waals surface area (Å²) in [5.41, 5.74) is 1.54. The molecule has 0 aliphatic heterocycles. The van der Waals surface area contributed by atoms with Gasteiger partial charge >= 0.3 is 0 Å². The van der Waals surface area contributed by atoms with E-state index in [0.29, 0.717) is 30.2 Å². The van der Waals surface area contributed by atoms with Crippen LogP contribution in [0.1, 0.15) is 12.5 Å². The van der Waals surface area contributed by atoms with E-state index in [2.05, 4.69) is 5.32 Å². The van der Waals surface area contributed by atoms with Crippen LogP contribution in [0.3, 0.4) is 0 Å². The second-order valence-electron chi connectivity index (χ2n) is 4.47. The van der Waals surface area contributed by atoms with E-state index in [4.69, 9.17) is 9.47 Å². The maximum absolute atomic E-state index is 9.74. The normalized spacial score (nSPS) is 10.2. The van der Waals surface area contributed by atoms with Gasteiger partial charge in [0.2, 0.25) is 0 Å². The summed E-state index contributed by atoms with van der Waals surface area (Å²) in [6.07, 6.45) is 0. The predicted molar refractivity (Wildman–Crippen MR) is 81.3 cm³/mol. The van der Waals surface area contributed by atoms with E-state index in [0.717, 1.165) is 5.69 Å². The smallest absolute Gasteiger partial charge is 0.162 e. The zero-order valence-electron chi connectivity index (χ0n) is 12.1. The van der Waals surface area contributed by atoms with Crippen LogP contribution < -0.4 is 14.8 Å². The van der Waals surface area contributed by atoms with Crippen LogP contribution in [-0.4, -0.2) is 23.9 Å². The Morgan fingerprint density at radius 1 is 1.05 bits per heavy atom. The Hall–Kier alpha value is -2.56. The third-order valence-electron chi connectivity index (χ3n) is 3.02. The van der Waals surface area contributed by atoms with E-state index < -0.39 is 0 Å². The summed E-state index contributed by atoms with van der Waals surface area (Å²) in [4.78, 5) is 0. The number of anilines is 1. The largest absolute Gasteiger partial charge is 0.508 e. The van der Waals surface area contributed by atoms with Gasteiger partial charge in [-0.05, 0) is 31.2 Å². The monoisotopic (exact) mass is 289 g/mol. The summed E-state index contributed by atoms with van der Waals surface area (Å²) in [7, 11) is 1.59. The molecule has 0 aliphatic carbocycles. The average molecular weight is 289 g/mol. The van der Waals surface area contributed by atoms with Gasteiger partial charge < -0.3 is 25.0 Å². The molecule has 0 spiro atoms. The average Bonchev–Trinajstić information content (AvgIpc) is 2.47. The van der Waals surface area contributed by atoms with E-state index in [1.165, 1.54) is 12.1 Å². The molecule has 3 N–H and O–H groups in total. The van der Waals surface area contributed by atoms with Gasteiger partial charge in [0.1, 0.15) is 11.5 Å². The Morgan fingerprint density at radius 3 is 2.52 bits per heavy atom. The number of benzene rings is 2. The molecule has 0 atom stereocenters. The van der Waals surface area contributed by atoms with E-state index in [1.54, 1.807) is 13.2 Å². The molecule has 2 aromatic rings. The first-order valence-corrected chi connectivity index (χ1v) is 6.69. The Kier molecular flexibility index (Phi) is 4.77. The highest BCUT2D eigenvalue weighted by Gasteiger charge is 2.06. The molecule has 2 aromatic carbocycles. The number of methoxy groups -OCH3 is 1. The first kappa shape index (κ1) is 14.8. The number of rotatable bonds is 6. The number of aromatic hydroxyl groups is 2. The molecule has 112 valence electrons. The minimum atomic E-state index is 0.0407.